The molecule has 2 fully saturated rings. The highest BCUT2D eigenvalue weighted by Crippen LogP contribution is 2.37. The fourth-order valence-electron chi connectivity index (χ4n) is 4.55. The van der Waals surface area contributed by atoms with Gasteiger partial charge in [-0.1, -0.05) is 30.3 Å². The molecule has 3 aromatic rings. The van der Waals surface area contributed by atoms with Crippen LogP contribution in [-0.4, -0.2) is 51.4 Å². The van der Waals surface area contributed by atoms with E-state index in [4.69, 9.17) is 0 Å². The summed E-state index contributed by atoms with van der Waals surface area (Å²) in [4.78, 5) is 32.5. The molecule has 2 aliphatic heterocycles. The van der Waals surface area contributed by atoms with E-state index in [9.17, 15) is 4.79 Å². The van der Waals surface area contributed by atoms with Gasteiger partial charge in [0.2, 0.25) is 5.95 Å². The van der Waals surface area contributed by atoms with Crippen molar-refractivity contribution in [3.05, 3.63) is 58.5 Å². The van der Waals surface area contributed by atoms with Gasteiger partial charge >= 0.3 is 0 Å². The van der Waals surface area contributed by atoms with Crippen molar-refractivity contribution in [3.63, 3.8) is 0 Å². The van der Waals surface area contributed by atoms with Crippen LogP contribution in [0.15, 0.2) is 36.4 Å². The van der Waals surface area contributed by atoms with Crippen LogP contribution < -0.4 is 4.90 Å². The van der Waals surface area contributed by atoms with E-state index in [1.807, 2.05) is 62.1 Å². The van der Waals surface area contributed by atoms with Gasteiger partial charge in [-0.05, 0) is 38.8 Å². The molecule has 2 atom stereocenters. The molecule has 0 bridgehead atoms. The maximum atomic E-state index is 13.5. The first-order chi connectivity index (χ1) is 14.5. The highest BCUT2D eigenvalue weighted by atomic mass is 32.1. The van der Waals surface area contributed by atoms with Crippen LogP contribution in [0, 0.1) is 26.7 Å². The van der Waals surface area contributed by atoms with Crippen molar-refractivity contribution in [2.24, 2.45) is 5.92 Å². The SMILES string of the molecule is Cc1cc(C)nc(N2CC3CCN(C(=O)c4nc(C)sc4-c4ccccc4)CC32)n1. The molecule has 7 heteroatoms. The van der Waals surface area contributed by atoms with Gasteiger partial charge < -0.3 is 9.80 Å². The third-order valence-corrected chi connectivity index (χ3v) is 7.06. The van der Waals surface area contributed by atoms with Crippen molar-refractivity contribution in [2.45, 2.75) is 33.2 Å². The predicted octanol–water partition coefficient (Wildman–Crippen LogP) is 3.88. The Hall–Kier alpha value is -2.80. The maximum absolute atomic E-state index is 13.5. The van der Waals surface area contributed by atoms with Crippen LogP contribution in [-0.2, 0) is 0 Å². The molecule has 2 aliphatic rings. The molecule has 2 saturated heterocycles. The van der Waals surface area contributed by atoms with E-state index in [1.165, 1.54) is 0 Å². The molecule has 6 nitrogen and oxygen atoms in total. The number of rotatable bonds is 3. The number of likely N-dealkylation sites (tertiary alicyclic amines) is 1. The first kappa shape index (κ1) is 19.2. The molecular weight excluding hydrogens is 394 g/mol. The second kappa shape index (κ2) is 7.47. The monoisotopic (exact) mass is 419 g/mol. The number of aryl methyl sites for hydroxylation is 3. The molecule has 0 spiro atoms. The molecule has 0 saturated carbocycles. The van der Waals surface area contributed by atoms with Crippen molar-refractivity contribution in [1.29, 1.82) is 0 Å². The minimum Gasteiger partial charge on any atom is -0.335 e. The largest absolute Gasteiger partial charge is 0.335 e. The van der Waals surface area contributed by atoms with Gasteiger partial charge in [-0.25, -0.2) is 15.0 Å². The average Bonchev–Trinajstić information content (AvgIpc) is 3.10. The van der Waals surface area contributed by atoms with Crippen molar-refractivity contribution >= 4 is 23.2 Å². The normalized spacial score (nSPS) is 20.6. The van der Waals surface area contributed by atoms with Gasteiger partial charge in [0.05, 0.1) is 15.9 Å². The van der Waals surface area contributed by atoms with Crippen molar-refractivity contribution in [2.75, 3.05) is 24.5 Å². The molecule has 2 aromatic heterocycles. The number of hydrogen-bond donors (Lipinski definition) is 0. The van der Waals surface area contributed by atoms with Crippen LogP contribution in [0.2, 0.25) is 0 Å². The lowest BCUT2D eigenvalue weighted by molar-refractivity contribution is 0.0585. The van der Waals surface area contributed by atoms with Crippen LogP contribution in [0.5, 0.6) is 0 Å². The van der Waals surface area contributed by atoms with Crippen LogP contribution in [0.4, 0.5) is 5.95 Å². The number of carbonyl (C=O) groups is 1. The minimum absolute atomic E-state index is 0.0323. The quantitative estimate of drug-likeness (QED) is 0.645. The van der Waals surface area contributed by atoms with Gasteiger partial charge in [-0.2, -0.15) is 0 Å². The average molecular weight is 420 g/mol. The zero-order valence-electron chi connectivity index (χ0n) is 17.5. The van der Waals surface area contributed by atoms with Gasteiger partial charge in [0, 0.05) is 36.9 Å². The zero-order chi connectivity index (χ0) is 20.8. The Morgan fingerprint density at radius 2 is 1.77 bits per heavy atom. The van der Waals surface area contributed by atoms with E-state index in [-0.39, 0.29) is 11.9 Å². The zero-order valence-corrected chi connectivity index (χ0v) is 18.3. The first-order valence-electron chi connectivity index (χ1n) is 10.4. The summed E-state index contributed by atoms with van der Waals surface area (Å²) in [6.45, 7) is 8.42. The van der Waals surface area contributed by atoms with E-state index in [2.05, 4.69) is 19.9 Å². The second-order valence-electron chi connectivity index (χ2n) is 8.25. The van der Waals surface area contributed by atoms with Crippen molar-refractivity contribution in [1.82, 2.24) is 19.9 Å². The third kappa shape index (κ3) is 3.37. The standard InChI is InChI=1S/C23H25N5OS/c1-14-11-15(2)25-23(24-14)28-12-18-9-10-27(13-19(18)28)22(29)20-21(30-16(3)26-20)17-7-5-4-6-8-17/h4-8,11,18-19H,9-10,12-13H2,1-3H3. The van der Waals surface area contributed by atoms with Gasteiger partial charge in [0.1, 0.15) is 5.69 Å². The predicted molar refractivity (Wildman–Crippen MR) is 119 cm³/mol. The van der Waals surface area contributed by atoms with Crippen LogP contribution in [0.25, 0.3) is 10.4 Å². The number of piperidine rings is 1. The summed E-state index contributed by atoms with van der Waals surface area (Å²) in [5.74, 6) is 1.42. The van der Waals surface area contributed by atoms with Crippen molar-refractivity contribution in [3.8, 4) is 10.4 Å². The molecule has 5 rings (SSSR count). The summed E-state index contributed by atoms with van der Waals surface area (Å²) in [5.41, 5.74) is 3.59. The topological polar surface area (TPSA) is 62.2 Å². The molecule has 154 valence electrons. The highest BCUT2D eigenvalue weighted by molar-refractivity contribution is 7.15. The Labute approximate surface area is 180 Å². The fraction of sp³-hybridized carbons (Fsp3) is 0.391. The molecule has 0 radical (unpaired) electrons. The summed E-state index contributed by atoms with van der Waals surface area (Å²) in [6, 6.07) is 12.4. The molecule has 2 unspecified atom stereocenters. The number of aromatic nitrogens is 3. The third-order valence-electron chi connectivity index (χ3n) is 6.04. The number of nitrogens with zero attached hydrogens (tertiary/aromatic N) is 5. The first-order valence-corrected chi connectivity index (χ1v) is 11.2. The van der Waals surface area contributed by atoms with Gasteiger partial charge in [-0.3, -0.25) is 4.79 Å². The summed E-state index contributed by atoms with van der Waals surface area (Å²) in [7, 11) is 0. The Morgan fingerprint density at radius 3 is 2.50 bits per heavy atom. The lowest BCUT2D eigenvalue weighted by atomic mass is 9.82. The smallest absolute Gasteiger partial charge is 0.274 e. The number of benzene rings is 1. The van der Waals surface area contributed by atoms with E-state index in [1.54, 1.807) is 11.3 Å². The van der Waals surface area contributed by atoms with E-state index >= 15 is 0 Å². The Kier molecular flexibility index (Phi) is 4.77. The Balaban J connectivity index is 1.38. The van der Waals surface area contributed by atoms with E-state index < -0.39 is 0 Å². The Morgan fingerprint density at radius 1 is 1.03 bits per heavy atom. The molecule has 1 amide bonds. The number of carbonyl (C=O) groups excluding carboxylic acids is 1. The summed E-state index contributed by atoms with van der Waals surface area (Å²) in [5, 5.41) is 0.918. The van der Waals surface area contributed by atoms with Crippen LogP contribution in [0.1, 0.15) is 33.3 Å². The summed E-state index contributed by atoms with van der Waals surface area (Å²) < 4.78 is 0. The molecule has 1 aromatic carbocycles. The number of amides is 1. The number of fused-ring (bicyclic) bond motifs is 1. The Bertz CT molecular complexity index is 1080. The second-order valence-corrected chi connectivity index (χ2v) is 9.45. The highest BCUT2D eigenvalue weighted by Gasteiger charge is 2.45. The maximum Gasteiger partial charge on any atom is 0.274 e. The number of anilines is 1. The molecule has 4 heterocycles. The van der Waals surface area contributed by atoms with Crippen molar-refractivity contribution < 1.29 is 4.79 Å². The van der Waals surface area contributed by atoms with Gasteiger partial charge in [0.15, 0.2) is 0 Å². The van der Waals surface area contributed by atoms with E-state index in [0.29, 0.717) is 18.2 Å². The summed E-state index contributed by atoms with van der Waals surface area (Å²) in [6.07, 6.45) is 1.02. The van der Waals surface area contributed by atoms with Gasteiger partial charge in [0.25, 0.3) is 5.91 Å². The number of hydrogen-bond acceptors (Lipinski definition) is 6. The number of thiazole rings is 1. The van der Waals surface area contributed by atoms with Crippen LogP contribution >= 0.6 is 11.3 Å². The lowest BCUT2D eigenvalue weighted by Gasteiger charge is -2.53. The molecular formula is C23H25N5OS. The fourth-order valence-corrected chi connectivity index (χ4v) is 5.47. The van der Waals surface area contributed by atoms with Gasteiger partial charge in [-0.15, -0.1) is 11.3 Å². The molecule has 0 N–H and O–H groups in total. The van der Waals surface area contributed by atoms with Crippen LogP contribution in [0.3, 0.4) is 0 Å². The lowest BCUT2D eigenvalue weighted by Crippen LogP contribution is -2.65. The minimum atomic E-state index is 0.0323. The van der Waals surface area contributed by atoms with E-state index in [0.717, 1.165) is 52.3 Å². The summed E-state index contributed by atoms with van der Waals surface area (Å²) >= 11 is 1.59. The molecule has 0 aliphatic carbocycles. The molecule has 30 heavy (non-hydrogen) atoms.